The maximum Gasteiger partial charge on any atom is 0.415 e. The molecule has 1 heterocycles. The lowest BCUT2D eigenvalue weighted by molar-refractivity contribution is -0.145. The fourth-order valence-corrected chi connectivity index (χ4v) is 3.71. The highest BCUT2D eigenvalue weighted by atomic mass is 16.6. The SMILES string of the molecule is COC(=O)[C@@H]1CC2=C(C[C@H](Cc3ccccc3)C2=O)N1C(=O)OC(C)(C)C. The molecule has 1 aromatic carbocycles. The van der Waals surface area contributed by atoms with E-state index in [1.807, 2.05) is 30.3 Å². The van der Waals surface area contributed by atoms with Crippen LogP contribution >= 0.6 is 0 Å². The average Bonchev–Trinajstić information content (AvgIpc) is 3.11. The third-order valence-electron chi connectivity index (χ3n) is 4.84. The van der Waals surface area contributed by atoms with Crippen LogP contribution in [0.4, 0.5) is 4.79 Å². The second-order valence-electron chi connectivity index (χ2n) is 7.97. The van der Waals surface area contributed by atoms with Gasteiger partial charge in [0.2, 0.25) is 0 Å². The second kappa shape index (κ2) is 7.18. The summed E-state index contributed by atoms with van der Waals surface area (Å²) >= 11 is 0. The Morgan fingerprint density at radius 3 is 2.41 bits per heavy atom. The molecule has 1 aromatic rings. The summed E-state index contributed by atoms with van der Waals surface area (Å²) in [5.74, 6) is -0.752. The van der Waals surface area contributed by atoms with Crippen LogP contribution in [0, 0.1) is 5.92 Å². The van der Waals surface area contributed by atoms with Gasteiger partial charge in [0.15, 0.2) is 5.78 Å². The zero-order valence-corrected chi connectivity index (χ0v) is 16.2. The number of hydrogen-bond donors (Lipinski definition) is 0. The molecule has 3 rings (SSSR count). The Morgan fingerprint density at radius 2 is 1.81 bits per heavy atom. The highest BCUT2D eigenvalue weighted by Gasteiger charge is 2.49. The van der Waals surface area contributed by atoms with Gasteiger partial charge in [0.25, 0.3) is 0 Å². The van der Waals surface area contributed by atoms with Crippen molar-refractivity contribution in [3.05, 3.63) is 47.2 Å². The van der Waals surface area contributed by atoms with Crippen LogP contribution in [0.2, 0.25) is 0 Å². The summed E-state index contributed by atoms with van der Waals surface area (Å²) in [6.45, 7) is 5.30. The van der Waals surface area contributed by atoms with Gasteiger partial charge in [-0.25, -0.2) is 9.59 Å². The molecule has 27 heavy (non-hydrogen) atoms. The number of Topliss-reactive ketones (excluding diaryl/α,β-unsaturated/α-hetero) is 1. The summed E-state index contributed by atoms with van der Waals surface area (Å²) in [6.07, 6.45) is 0.606. The zero-order valence-electron chi connectivity index (χ0n) is 16.2. The molecule has 1 aliphatic carbocycles. The molecule has 1 aliphatic heterocycles. The van der Waals surface area contributed by atoms with Gasteiger partial charge in [0.1, 0.15) is 11.6 Å². The number of benzene rings is 1. The van der Waals surface area contributed by atoms with Crippen molar-refractivity contribution in [1.82, 2.24) is 4.90 Å². The first-order valence-electron chi connectivity index (χ1n) is 9.11. The predicted molar refractivity (Wildman–Crippen MR) is 98.8 cm³/mol. The van der Waals surface area contributed by atoms with Gasteiger partial charge >= 0.3 is 12.1 Å². The molecular weight excluding hydrogens is 346 g/mol. The van der Waals surface area contributed by atoms with Crippen molar-refractivity contribution < 1.29 is 23.9 Å². The van der Waals surface area contributed by atoms with Gasteiger partial charge in [-0.15, -0.1) is 0 Å². The Bertz CT molecular complexity index is 791. The first kappa shape index (κ1) is 19.1. The summed E-state index contributed by atoms with van der Waals surface area (Å²) in [4.78, 5) is 39.2. The lowest BCUT2D eigenvalue weighted by Gasteiger charge is -2.30. The van der Waals surface area contributed by atoms with Gasteiger partial charge in [0.05, 0.1) is 7.11 Å². The molecule has 0 unspecified atom stereocenters. The Balaban J connectivity index is 1.83. The van der Waals surface area contributed by atoms with Crippen molar-refractivity contribution in [1.29, 1.82) is 0 Å². The van der Waals surface area contributed by atoms with Crippen LogP contribution in [0.1, 0.15) is 39.2 Å². The van der Waals surface area contributed by atoms with Crippen molar-refractivity contribution in [2.24, 2.45) is 5.92 Å². The molecule has 0 fully saturated rings. The van der Waals surface area contributed by atoms with Crippen molar-refractivity contribution in [3.63, 3.8) is 0 Å². The van der Waals surface area contributed by atoms with E-state index in [0.29, 0.717) is 24.1 Å². The molecule has 0 saturated heterocycles. The standard InChI is InChI=1S/C21H25NO5/c1-21(2,3)27-20(25)22-16-11-14(10-13-8-6-5-7-9-13)18(23)15(16)12-17(22)19(24)26-4/h5-9,14,17H,10-12H2,1-4H3/t14-,17-/m0/s1. The number of esters is 1. The molecule has 1 amide bonds. The number of nitrogens with zero attached hydrogens (tertiary/aromatic N) is 1. The number of allylic oxidation sites excluding steroid dienone is 1. The van der Waals surface area contributed by atoms with E-state index < -0.39 is 23.7 Å². The van der Waals surface area contributed by atoms with E-state index in [-0.39, 0.29) is 18.1 Å². The molecule has 6 heteroatoms. The number of rotatable bonds is 3. The normalized spacial score (nSPS) is 22.1. The summed E-state index contributed by atoms with van der Waals surface area (Å²) in [6, 6.07) is 8.95. The summed E-state index contributed by atoms with van der Waals surface area (Å²) in [7, 11) is 1.28. The molecule has 6 nitrogen and oxygen atoms in total. The Kier molecular flexibility index (Phi) is 5.09. The minimum atomic E-state index is -0.837. The van der Waals surface area contributed by atoms with Crippen LogP contribution in [-0.4, -0.2) is 41.5 Å². The predicted octanol–water partition coefficient (Wildman–Crippen LogP) is 3.25. The second-order valence-corrected chi connectivity index (χ2v) is 7.97. The van der Waals surface area contributed by atoms with Crippen molar-refractivity contribution in [2.45, 2.75) is 51.7 Å². The minimum absolute atomic E-state index is 0.00816. The maximum atomic E-state index is 12.9. The number of carbonyl (C=O) groups excluding carboxylic acids is 3. The lowest BCUT2D eigenvalue weighted by Crippen LogP contribution is -2.44. The smallest absolute Gasteiger partial charge is 0.415 e. The van der Waals surface area contributed by atoms with E-state index in [0.717, 1.165) is 5.56 Å². The Morgan fingerprint density at radius 1 is 1.15 bits per heavy atom. The molecular formula is C21H25NO5. The third kappa shape index (κ3) is 3.89. The lowest BCUT2D eigenvalue weighted by atomic mass is 9.93. The van der Waals surface area contributed by atoms with E-state index in [1.54, 1.807) is 20.8 Å². The fourth-order valence-electron chi connectivity index (χ4n) is 3.71. The largest absolute Gasteiger partial charge is 0.467 e. The molecule has 0 aromatic heterocycles. The number of amides is 1. The molecule has 2 atom stereocenters. The number of hydrogen-bond acceptors (Lipinski definition) is 5. The van der Waals surface area contributed by atoms with Crippen molar-refractivity contribution >= 4 is 17.8 Å². The monoisotopic (exact) mass is 371 g/mol. The third-order valence-corrected chi connectivity index (χ3v) is 4.84. The first-order chi connectivity index (χ1) is 12.7. The van der Waals surface area contributed by atoms with Gasteiger partial charge < -0.3 is 9.47 Å². The quantitative estimate of drug-likeness (QED) is 0.763. The molecule has 0 bridgehead atoms. The number of ether oxygens (including phenoxy) is 2. The van der Waals surface area contributed by atoms with E-state index >= 15 is 0 Å². The molecule has 144 valence electrons. The molecule has 2 aliphatic rings. The van der Waals surface area contributed by atoms with Gasteiger partial charge in [-0.1, -0.05) is 30.3 Å². The summed E-state index contributed by atoms with van der Waals surface area (Å²) in [5.41, 5.74) is 1.53. The molecule has 0 N–H and O–H groups in total. The van der Waals surface area contributed by atoms with E-state index in [9.17, 15) is 14.4 Å². The van der Waals surface area contributed by atoms with Gasteiger partial charge in [-0.05, 0) is 39.2 Å². The number of carbonyl (C=O) groups is 3. The Hall–Kier alpha value is -2.63. The van der Waals surface area contributed by atoms with Gasteiger partial charge in [-0.3, -0.25) is 9.69 Å². The Labute approximate surface area is 159 Å². The van der Waals surface area contributed by atoms with E-state index in [4.69, 9.17) is 9.47 Å². The van der Waals surface area contributed by atoms with Crippen LogP contribution < -0.4 is 0 Å². The average molecular weight is 371 g/mol. The van der Waals surface area contributed by atoms with Crippen molar-refractivity contribution in [2.75, 3.05) is 7.11 Å². The fraction of sp³-hybridized carbons (Fsp3) is 0.476. The van der Waals surface area contributed by atoms with Crippen LogP contribution in [0.25, 0.3) is 0 Å². The van der Waals surface area contributed by atoms with E-state index in [2.05, 4.69) is 0 Å². The highest BCUT2D eigenvalue weighted by molar-refractivity contribution is 6.04. The molecule has 0 radical (unpaired) electrons. The van der Waals surface area contributed by atoms with E-state index in [1.165, 1.54) is 12.0 Å². The van der Waals surface area contributed by atoms with Gasteiger partial charge in [0, 0.05) is 23.6 Å². The van der Waals surface area contributed by atoms with Crippen molar-refractivity contribution in [3.8, 4) is 0 Å². The molecule has 0 saturated carbocycles. The summed E-state index contributed by atoms with van der Waals surface area (Å²) < 4.78 is 10.3. The maximum absolute atomic E-state index is 12.9. The van der Waals surface area contributed by atoms with Gasteiger partial charge in [-0.2, -0.15) is 0 Å². The number of ketones is 1. The first-order valence-corrected chi connectivity index (χ1v) is 9.11. The van der Waals surface area contributed by atoms with Crippen LogP contribution in [0.5, 0.6) is 0 Å². The summed E-state index contributed by atoms with van der Waals surface area (Å²) in [5, 5.41) is 0. The molecule has 0 spiro atoms. The van der Waals surface area contributed by atoms with Crippen LogP contribution in [0.15, 0.2) is 41.6 Å². The number of methoxy groups -OCH3 is 1. The van der Waals surface area contributed by atoms with Crippen LogP contribution in [0.3, 0.4) is 0 Å². The zero-order chi connectivity index (χ0) is 19.8. The van der Waals surface area contributed by atoms with Crippen LogP contribution in [-0.2, 0) is 25.5 Å². The number of likely N-dealkylation sites (tertiary alicyclic amines) is 1. The topological polar surface area (TPSA) is 72.9 Å². The highest BCUT2D eigenvalue weighted by Crippen LogP contribution is 2.42. The minimum Gasteiger partial charge on any atom is -0.467 e.